The fourth-order valence-corrected chi connectivity index (χ4v) is 14.5. The molecule has 0 N–H and O–H groups in total. The lowest BCUT2D eigenvalue weighted by Gasteiger charge is -2.30. The van der Waals surface area contributed by atoms with Crippen LogP contribution in [0.2, 0.25) is 10.3 Å². The van der Waals surface area contributed by atoms with Crippen LogP contribution in [0.25, 0.3) is 11.4 Å². The number of benzene rings is 4. The number of nitrogens with zero attached hydrogens (tertiary/aromatic N) is 4. The van der Waals surface area contributed by atoms with Crippen molar-refractivity contribution in [1.82, 2.24) is 19.6 Å². The maximum atomic E-state index is 13.3. The highest BCUT2D eigenvalue weighted by atomic mass is 35.5. The average Bonchev–Trinajstić information content (AvgIpc) is 4.13. The molecular weight excluding hydrogens is 1040 g/mol. The van der Waals surface area contributed by atoms with E-state index >= 15 is 0 Å². The number of aryl methyl sites for hydroxylation is 2. The molecule has 2 fully saturated rings. The molecule has 2 heterocycles. The van der Waals surface area contributed by atoms with Crippen molar-refractivity contribution in [1.29, 1.82) is 0 Å². The SMILES string of the molecule is C[C@@]1(C(=O)CCc2cn(-c3ccc(C(F)(F)F)cc3)nc2Cl)CCC[C@@H]1S(=O)(=O)c1ccc(F)cc1.C[C@]1(C(=O)CCc2cn(-c3ccc(C(F)(F)F)cc3)nc2Cl)CCC[C@H]1S(=O)(=O)c1ccc(F)cc1. The fourth-order valence-electron chi connectivity index (χ4n) is 9.53. The molecule has 0 saturated heterocycles. The van der Waals surface area contributed by atoms with Crippen molar-refractivity contribution in [3.8, 4) is 11.4 Å². The number of aromatic nitrogens is 4. The number of hydrogen-bond acceptors (Lipinski definition) is 8. The lowest BCUT2D eigenvalue weighted by atomic mass is 9.81. The minimum Gasteiger partial charge on any atom is -0.299 e. The molecule has 0 bridgehead atoms. The van der Waals surface area contributed by atoms with Crippen LogP contribution in [-0.2, 0) is 54.5 Å². The third kappa shape index (κ3) is 11.5. The van der Waals surface area contributed by atoms with Crippen molar-refractivity contribution in [3.05, 3.63) is 154 Å². The van der Waals surface area contributed by atoms with E-state index in [0.29, 0.717) is 61.0 Å². The van der Waals surface area contributed by atoms with Crippen LogP contribution in [-0.4, -0.2) is 58.5 Å². The number of halogens is 10. The molecule has 22 heteroatoms. The average molecular weight is 1090 g/mol. The number of hydrogen-bond donors (Lipinski definition) is 0. The highest BCUT2D eigenvalue weighted by Crippen LogP contribution is 2.47. The van der Waals surface area contributed by atoms with Crippen LogP contribution in [0.1, 0.15) is 87.5 Å². The summed E-state index contributed by atoms with van der Waals surface area (Å²) in [4.78, 5) is 26.6. The van der Waals surface area contributed by atoms with Crippen LogP contribution in [0.15, 0.2) is 119 Å². The van der Waals surface area contributed by atoms with Gasteiger partial charge in [0.15, 0.2) is 30.0 Å². The van der Waals surface area contributed by atoms with Gasteiger partial charge in [-0.05, 0) is 136 Å². The molecule has 0 aliphatic heterocycles. The van der Waals surface area contributed by atoms with Gasteiger partial charge in [-0.15, -0.1) is 0 Å². The van der Waals surface area contributed by atoms with Crippen molar-refractivity contribution < 1.29 is 61.5 Å². The fraction of sp³-hybridized carbons (Fsp3) is 0.360. The van der Waals surface area contributed by atoms with E-state index in [1.807, 2.05) is 0 Å². The zero-order valence-electron chi connectivity index (χ0n) is 38.5. The standard InChI is InChI=1S/2C25H23ClF4N2O3S/c2*1-24(14-2-3-22(24)36(34,35)20-11-7-18(27)8-12-20)21(33)13-4-16-15-32(31-23(16)26)19-9-5-17(6-10-19)25(28,29)30/h2*5-12,15,22H,2-4,13-14H2,1H3/t2*22-,24-/m10/s1. The third-order valence-electron chi connectivity index (χ3n) is 13.7. The largest absolute Gasteiger partial charge is 0.416 e. The molecule has 0 amide bonds. The Morgan fingerprint density at radius 3 is 1.19 bits per heavy atom. The second-order valence-corrected chi connectivity index (χ2v) is 23.3. The van der Waals surface area contributed by atoms with Crippen LogP contribution in [0.5, 0.6) is 0 Å². The van der Waals surface area contributed by atoms with Gasteiger partial charge in [0, 0.05) is 47.2 Å². The number of sulfone groups is 2. The smallest absolute Gasteiger partial charge is 0.299 e. The van der Waals surface area contributed by atoms with Gasteiger partial charge in [0.25, 0.3) is 0 Å². The molecule has 72 heavy (non-hydrogen) atoms. The minimum atomic E-state index is -4.45. The Kier molecular flexibility index (Phi) is 15.7. The van der Waals surface area contributed by atoms with Gasteiger partial charge in [-0.25, -0.2) is 35.0 Å². The maximum absolute atomic E-state index is 13.3. The molecule has 4 atom stereocenters. The van der Waals surface area contributed by atoms with Crippen molar-refractivity contribution in [3.63, 3.8) is 0 Å². The maximum Gasteiger partial charge on any atom is 0.416 e. The number of Topliss-reactive ketones (excluding diaryl/α,β-unsaturated/α-hetero) is 2. The molecule has 0 unspecified atom stereocenters. The van der Waals surface area contributed by atoms with Crippen molar-refractivity contribution in [2.45, 2.75) is 111 Å². The Balaban J connectivity index is 0.000000211. The number of ketones is 2. The summed E-state index contributed by atoms with van der Waals surface area (Å²) in [6.07, 6.45) is -2.78. The van der Waals surface area contributed by atoms with Gasteiger partial charge in [-0.1, -0.05) is 49.9 Å². The molecule has 8 rings (SSSR count). The minimum absolute atomic E-state index is 0.0179. The summed E-state index contributed by atoms with van der Waals surface area (Å²) in [5.74, 6) is -1.55. The topological polar surface area (TPSA) is 138 Å². The van der Waals surface area contributed by atoms with Crippen molar-refractivity contribution in [2.24, 2.45) is 10.8 Å². The monoisotopic (exact) mass is 1080 g/mol. The second kappa shape index (κ2) is 20.8. The summed E-state index contributed by atoms with van der Waals surface area (Å²) in [5, 5.41) is 6.63. The second-order valence-electron chi connectivity index (χ2n) is 18.3. The molecule has 2 aliphatic carbocycles. The number of carbonyl (C=O) groups excluding carboxylic acids is 2. The molecule has 0 radical (unpaired) electrons. The van der Waals surface area contributed by atoms with Crippen LogP contribution in [0.3, 0.4) is 0 Å². The number of rotatable bonds is 14. The van der Waals surface area contributed by atoms with Crippen molar-refractivity contribution >= 4 is 54.4 Å². The Morgan fingerprint density at radius 1 is 0.569 bits per heavy atom. The molecule has 2 saturated carbocycles. The van der Waals surface area contributed by atoms with Gasteiger partial charge in [-0.3, -0.25) is 9.59 Å². The Morgan fingerprint density at radius 2 is 0.889 bits per heavy atom. The van der Waals surface area contributed by atoms with Gasteiger partial charge in [0.05, 0.1) is 42.8 Å². The number of carbonyl (C=O) groups is 2. The zero-order valence-corrected chi connectivity index (χ0v) is 41.6. The predicted molar refractivity (Wildman–Crippen MR) is 252 cm³/mol. The van der Waals surface area contributed by atoms with Crippen LogP contribution in [0, 0.1) is 22.5 Å². The van der Waals surface area contributed by atoms with Crippen LogP contribution < -0.4 is 0 Å². The van der Waals surface area contributed by atoms with E-state index < -0.39 is 76.1 Å². The van der Waals surface area contributed by atoms with E-state index in [4.69, 9.17) is 23.2 Å². The first-order valence-electron chi connectivity index (χ1n) is 22.5. The Bertz CT molecular complexity index is 2950. The molecule has 0 spiro atoms. The van der Waals surface area contributed by atoms with Crippen molar-refractivity contribution in [2.75, 3.05) is 0 Å². The summed E-state index contributed by atoms with van der Waals surface area (Å²) < 4.78 is 159. The Labute approximate surface area is 420 Å². The van der Waals surface area contributed by atoms with Gasteiger partial charge < -0.3 is 0 Å². The first-order valence-corrected chi connectivity index (χ1v) is 26.4. The molecule has 6 aromatic rings. The summed E-state index contributed by atoms with van der Waals surface area (Å²) in [7, 11) is -7.71. The third-order valence-corrected chi connectivity index (χ3v) is 19.2. The predicted octanol–water partition coefficient (Wildman–Crippen LogP) is 12.4. The Hall–Kier alpha value is -5.44. The highest BCUT2D eigenvalue weighted by molar-refractivity contribution is 7.92. The van der Waals surface area contributed by atoms with Crippen LogP contribution in [0.4, 0.5) is 35.1 Å². The van der Waals surface area contributed by atoms with E-state index in [9.17, 15) is 61.5 Å². The number of alkyl halides is 6. The van der Waals surface area contributed by atoms with E-state index in [-0.39, 0.29) is 57.3 Å². The van der Waals surface area contributed by atoms with Gasteiger partial charge in [0.2, 0.25) is 0 Å². The summed E-state index contributed by atoms with van der Waals surface area (Å²) >= 11 is 12.4. The first-order chi connectivity index (χ1) is 33.6. The van der Waals surface area contributed by atoms with E-state index in [1.54, 1.807) is 26.2 Å². The lowest BCUT2D eigenvalue weighted by molar-refractivity contribution is -0.138. The molecule has 2 aromatic heterocycles. The summed E-state index contributed by atoms with van der Waals surface area (Å²) in [6, 6.07) is 18.0. The normalized spacial score (nSPS) is 20.6. The molecule has 10 nitrogen and oxygen atoms in total. The van der Waals surface area contributed by atoms with Crippen LogP contribution >= 0.6 is 23.2 Å². The highest BCUT2D eigenvalue weighted by Gasteiger charge is 2.52. The quantitative estimate of drug-likeness (QED) is 0.0776. The lowest BCUT2D eigenvalue weighted by Crippen LogP contribution is -2.40. The summed E-state index contributed by atoms with van der Waals surface area (Å²) in [6.45, 7) is 3.31. The first kappa shape index (κ1) is 54.3. The van der Waals surface area contributed by atoms with E-state index in [0.717, 1.165) is 48.5 Å². The van der Waals surface area contributed by atoms with Gasteiger partial charge >= 0.3 is 12.4 Å². The summed E-state index contributed by atoms with van der Waals surface area (Å²) in [5.41, 5.74) is -2.01. The van der Waals surface area contributed by atoms with Gasteiger partial charge in [-0.2, -0.15) is 36.5 Å². The molecule has 4 aromatic carbocycles. The molecular formula is C50H46Cl2F8N4O6S2. The van der Waals surface area contributed by atoms with E-state index in [1.165, 1.54) is 57.9 Å². The molecule has 2 aliphatic rings. The zero-order chi connectivity index (χ0) is 52.6. The van der Waals surface area contributed by atoms with E-state index in [2.05, 4.69) is 10.2 Å². The van der Waals surface area contributed by atoms with Gasteiger partial charge in [0.1, 0.15) is 23.2 Å². The molecule has 384 valence electrons.